The van der Waals surface area contributed by atoms with Gasteiger partial charge in [-0.25, -0.2) is 9.97 Å². The summed E-state index contributed by atoms with van der Waals surface area (Å²) in [6, 6.07) is 48.9. The first-order valence-corrected chi connectivity index (χ1v) is 16.6. The number of aromatic nitrogens is 4. The van der Waals surface area contributed by atoms with Crippen molar-refractivity contribution < 1.29 is 4.74 Å². The Hall–Kier alpha value is -6.46. The van der Waals surface area contributed by atoms with Crippen LogP contribution in [0.5, 0.6) is 11.5 Å². The molecule has 0 radical (unpaired) electrons. The molecule has 0 fully saturated rings. The van der Waals surface area contributed by atoms with Gasteiger partial charge in [0, 0.05) is 33.8 Å². The summed E-state index contributed by atoms with van der Waals surface area (Å²) in [6.45, 7) is 4.38. The van der Waals surface area contributed by atoms with Crippen molar-refractivity contribution in [3.8, 4) is 28.4 Å². The second-order valence-corrected chi connectivity index (χ2v) is 12.8. The maximum Gasteiger partial charge on any atom is 0.146 e. The van der Waals surface area contributed by atoms with Gasteiger partial charge in [0.1, 0.15) is 23.0 Å². The van der Waals surface area contributed by atoms with Crippen LogP contribution in [0.25, 0.3) is 77.1 Å². The van der Waals surface area contributed by atoms with Gasteiger partial charge in [-0.15, -0.1) is 0 Å². The van der Waals surface area contributed by atoms with Crippen molar-refractivity contribution in [3.05, 3.63) is 157 Å². The predicted molar refractivity (Wildman–Crippen MR) is 201 cm³/mol. The number of pyridine rings is 2. The van der Waals surface area contributed by atoms with Gasteiger partial charge >= 0.3 is 0 Å². The first-order valence-electron chi connectivity index (χ1n) is 16.6. The average molecular weight is 631 g/mol. The standard InChI is InChI=1S/C44H30N4O/c1-27-10-9-11-28(2)43(27)29-17-22-39-35(24-29)32-20-18-30(25-36(32)44-46-37-13-4-6-15-40(37)48(39)44)49-31-19-21-34-33-12-3-5-14-38(33)47(41(34)26-31)42-16-7-8-23-45-42/h3-26H,1-2H3. The third kappa shape index (κ3) is 4.19. The lowest BCUT2D eigenvalue weighted by Gasteiger charge is -2.15. The Balaban J connectivity index is 1.18. The summed E-state index contributed by atoms with van der Waals surface area (Å²) in [5.74, 6) is 2.39. The van der Waals surface area contributed by atoms with Gasteiger partial charge in [0.2, 0.25) is 0 Å². The SMILES string of the molecule is Cc1cccc(C)c1-c1ccc2c(c1)c1ccc(Oc3ccc4c5ccccc5n(-c5ccccn5)c4c3)cc1c1nc3ccccc3n21. The van der Waals surface area contributed by atoms with Crippen LogP contribution >= 0.6 is 0 Å². The van der Waals surface area contributed by atoms with Crippen molar-refractivity contribution in [3.63, 3.8) is 0 Å². The molecule has 0 unspecified atom stereocenters. The maximum absolute atomic E-state index is 6.67. The van der Waals surface area contributed by atoms with Crippen LogP contribution < -0.4 is 4.74 Å². The van der Waals surface area contributed by atoms with Crippen molar-refractivity contribution in [1.82, 2.24) is 18.9 Å². The van der Waals surface area contributed by atoms with Gasteiger partial charge in [-0.1, -0.05) is 60.7 Å². The lowest BCUT2D eigenvalue weighted by atomic mass is 9.93. The molecule has 232 valence electrons. The highest BCUT2D eigenvalue weighted by Gasteiger charge is 2.18. The van der Waals surface area contributed by atoms with E-state index in [-0.39, 0.29) is 0 Å². The van der Waals surface area contributed by atoms with Gasteiger partial charge in [0.05, 0.1) is 27.6 Å². The minimum Gasteiger partial charge on any atom is -0.457 e. The number of para-hydroxylation sites is 3. The van der Waals surface area contributed by atoms with E-state index in [4.69, 9.17) is 9.72 Å². The topological polar surface area (TPSA) is 44.3 Å². The lowest BCUT2D eigenvalue weighted by Crippen LogP contribution is -1.96. The van der Waals surface area contributed by atoms with Crippen LogP contribution in [-0.2, 0) is 0 Å². The monoisotopic (exact) mass is 630 g/mol. The van der Waals surface area contributed by atoms with Crippen molar-refractivity contribution >= 4 is 60.2 Å². The zero-order chi connectivity index (χ0) is 32.6. The van der Waals surface area contributed by atoms with E-state index in [1.807, 2.05) is 30.5 Å². The molecule has 0 aliphatic carbocycles. The summed E-state index contributed by atoms with van der Waals surface area (Å²) >= 11 is 0. The van der Waals surface area contributed by atoms with Gasteiger partial charge in [-0.05, 0) is 114 Å². The first kappa shape index (κ1) is 27.6. The molecule has 6 aromatic carbocycles. The fourth-order valence-corrected chi connectivity index (χ4v) is 7.71. The summed E-state index contributed by atoms with van der Waals surface area (Å²) < 4.78 is 11.2. The quantitative estimate of drug-likeness (QED) is 0.182. The smallest absolute Gasteiger partial charge is 0.146 e. The van der Waals surface area contributed by atoms with Crippen molar-refractivity contribution in [2.45, 2.75) is 13.8 Å². The van der Waals surface area contributed by atoms with E-state index in [9.17, 15) is 0 Å². The fourth-order valence-electron chi connectivity index (χ4n) is 7.71. The van der Waals surface area contributed by atoms with Gasteiger partial charge in [-0.2, -0.15) is 0 Å². The van der Waals surface area contributed by atoms with Gasteiger partial charge in [-0.3, -0.25) is 8.97 Å². The summed E-state index contributed by atoms with van der Waals surface area (Å²) in [4.78, 5) is 9.85. The number of hydrogen-bond acceptors (Lipinski definition) is 3. The van der Waals surface area contributed by atoms with E-state index in [2.05, 4.69) is 143 Å². The molecule has 0 N–H and O–H groups in total. The third-order valence-corrected chi connectivity index (χ3v) is 9.85. The Morgan fingerprint density at radius 2 is 1.24 bits per heavy atom. The molecular weight excluding hydrogens is 601 g/mol. The second-order valence-electron chi connectivity index (χ2n) is 12.8. The molecule has 0 amide bonds. The molecule has 0 spiro atoms. The summed E-state index contributed by atoms with van der Waals surface area (Å²) in [5, 5.41) is 5.71. The molecule has 5 nitrogen and oxygen atoms in total. The van der Waals surface area contributed by atoms with Gasteiger partial charge in [0.25, 0.3) is 0 Å². The highest BCUT2D eigenvalue weighted by atomic mass is 16.5. The minimum atomic E-state index is 0.756. The molecule has 0 saturated heterocycles. The number of nitrogens with zero attached hydrogens (tertiary/aromatic N) is 4. The molecule has 0 saturated carbocycles. The van der Waals surface area contributed by atoms with Crippen LogP contribution in [0, 0.1) is 13.8 Å². The molecule has 10 aromatic rings. The fraction of sp³-hybridized carbons (Fsp3) is 0.0455. The van der Waals surface area contributed by atoms with E-state index >= 15 is 0 Å². The van der Waals surface area contributed by atoms with Crippen molar-refractivity contribution in [1.29, 1.82) is 0 Å². The Morgan fingerprint density at radius 1 is 0.510 bits per heavy atom. The molecule has 10 rings (SSSR count). The molecular formula is C44H30N4O. The number of rotatable bonds is 4. The minimum absolute atomic E-state index is 0.756. The van der Waals surface area contributed by atoms with Crippen LogP contribution in [0.15, 0.2) is 146 Å². The van der Waals surface area contributed by atoms with E-state index in [0.29, 0.717) is 0 Å². The number of ether oxygens (including phenoxy) is 1. The first-order chi connectivity index (χ1) is 24.1. The predicted octanol–water partition coefficient (Wildman–Crippen LogP) is 11.4. The number of imidazole rings is 1. The van der Waals surface area contributed by atoms with E-state index in [0.717, 1.165) is 66.7 Å². The molecule has 4 heterocycles. The highest BCUT2D eigenvalue weighted by Crippen LogP contribution is 2.39. The van der Waals surface area contributed by atoms with Crippen LogP contribution in [0.2, 0.25) is 0 Å². The van der Waals surface area contributed by atoms with E-state index in [1.54, 1.807) is 0 Å². The maximum atomic E-state index is 6.67. The van der Waals surface area contributed by atoms with Gasteiger partial charge < -0.3 is 4.74 Å². The molecule has 0 atom stereocenters. The largest absolute Gasteiger partial charge is 0.457 e. The Kier molecular flexibility index (Phi) is 5.94. The normalized spacial score (nSPS) is 11.9. The van der Waals surface area contributed by atoms with Crippen LogP contribution in [-0.4, -0.2) is 18.9 Å². The van der Waals surface area contributed by atoms with Crippen molar-refractivity contribution in [2.75, 3.05) is 0 Å². The lowest BCUT2D eigenvalue weighted by molar-refractivity contribution is 0.484. The van der Waals surface area contributed by atoms with E-state index in [1.165, 1.54) is 33.0 Å². The molecule has 0 aliphatic rings. The molecule has 0 bridgehead atoms. The number of hydrogen-bond donors (Lipinski definition) is 0. The van der Waals surface area contributed by atoms with Crippen LogP contribution in [0.4, 0.5) is 0 Å². The zero-order valence-electron chi connectivity index (χ0n) is 27.1. The Labute approximate surface area is 282 Å². The van der Waals surface area contributed by atoms with Crippen LogP contribution in [0.3, 0.4) is 0 Å². The molecule has 4 aromatic heterocycles. The van der Waals surface area contributed by atoms with Gasteiger partial charge in [0.15, 0.2) is 0 Å². The molecule has 5 heteroatoms. The summed E-state index contributed by atoms with van der Waals surface area (Å²) in [5.41, 5.74) is 11.3. The Bertz CT molecular complexity index is 2920. The second kappa shape index (κ2) is 10.5. The molecule has 49 heavy (non-hydrogen) atoms. The average Bonchev–Trinajstić information content (AvgIpc) is 3.68. The summed E-state index contributed by atoms with van der Waals surface area (Å²) in [7, 11) is 0. The number of benzene rings is 6. The van der Waals surface area contributed by atoms with Crippen molar-refractivity contribution in [2.24, 2.45) is 0 Å². The third-order valence-electron chi connectivity index (χ3n) is 9.85. The summed E-state index contributed by atoms with van der Waals surface area (Å²) in [6.07, 6.45) is 1.83. The van der Waals surface area contributed by atoms with Crippen LogP contribution in [0.1, 0.15) is 11.1 Å². The zero-order valence-corrected chi connectivity index (χ0v) is 27.1. The number of fused-ring (bicyclic) bond motifs is 11. The highest BCUT2D eigenvalue weighted by molar-refractivity contribution is 6.15. The Morgan fingerprint density at radius 3 is 2.08 bits per heavy atom. The van der Waals surface area contributed by atoms with E-state index < -0.39 is 0 Å². The molecule has 0 aliphatic heterocycles. The number of aryl methyl sites for hydroxylation is 2.